The van der Waals surface area contributed by atoms with Crippen LogP contribution in [0, 0.1) is 5.82 Å². The maximum Gasteiger partial charge on any atom is 0.340 e. The van der Waals surface area contributed by atoms with Crippen LogP contribution in [0.2, 0.25) is 0 Å². The minimum Gasteiger partial charge on any atom is -0.465 e. The number of ether oxygens (including phenoxy) is 2. The van der Waals surface area contributed by atoms with Gasteiger partial charge in [-0.3, -0.25) is 0 Å². The van der Waals surface area contributed by atoms with Crippen LogP contribution >= 0.6 is 0 Å². The van der Waals surface area contributed by atoms with Crippen LogP contribution in [0.3, 0.4) is 0 Å². The monoisotopic (exact) mass is 313 g/mol. The zero-order valence-electron chi connectivity index (χ0n) is 13.0. The van der Waals surface area contributed by atoms with E-state index < -0.39 is 17.5 Å². The Morgan fingerprint density at radius 2 is 2.09 bits per heavy atom. The molecule has 0 bridgehead atoms. The molecule has 122 valence electrons. The van der Waals surface area contributed by atoms with Crippen molar-refractivity contribution in [2.75, 3.05) is 26.8 Å². The minimum absolute atomic E-state index is 0.0299. The van der Waals surface area contributed by atoms with E-state index in [2.05, 4.69) is 10.1 Å². The fourth-order valence-corrected chi connectivity index (χ4v) is 2.40. The van der Waals surface area contributed by atoms with Crippen molar-refractivity contribution in [3.8, 4) is 0 Å². The zero-order chi connectivity index (χ0) is 16.3. The molecule has 0 spiro atoms. The van der Waals surface area contributed by atoms with E-state index >= 15 is 0 Å². The molecule has 1 N–H and O–H groups in total. The van der Waals surface area contributed by atoms with Crippen LogP contribution in [0.1, 0.15) is 41.3 Å². The van der Waals surface area contributed by atoms with E-state index in [1.54, 1.807) is 0 Å². The van der Waals surface area contributed by atoms with Gasteiger partial charge in [0.05, 0.1) is 25.9 Å². The summed E-state index contributed by atoms with van der Waals surface area (Å²) in [5.74, 6) is -1.29. The molecule has 2 rings (SSSR count). The van der Waals surface area contributed by atoms with Gasteiger partial charge in [-0.2, -0.15) is 0 Å². The van der Waals surface area contributed by atoms with Crippen molar-refractivity contribution in [2.24, 2.45) is 0 Å². The lowest BCUT2D eigenvalue weighted by atomic mass is 9.94. The molecule has 6 heteroatoms. The number of carbonyl (C=O) groups excluding carboxylic acids is 1. The number of hydrogen-bond donors (Lipinski definition) is 1. The van der Waals surface area contributed by atoms with Gasteiger partial charge in [0.15, 0.2) is 5.67 Å². The predicted octanol–water partition coefficient (Wildman–Crippen LogP) is 2.56. The molecule has 0 aromatic heterocycles. The third kappa shape index (κ3) is 3.62. The van der Waals surface area contributed by atoms with Crippen molar-refractivity contribution < 1.29 is 23.0 Å². The first-order valence-corrected chi connectivity index (χ1v) is 7.24. The van der Waals surface area contributed by atoms with Crippen molar-refractivity contribution in [3.63, 3.8) is 0 Å². The van der Waals surface area contributed by atoms with E-state index in [1.807, 2.05) is 13.8 Å². The van der Waals surface area contributed by atoms with E-state index in [9.17, 15) is 13.6 Å². The highest BCUT2D eigenvalue weighted by molar-refractivity contribution is 5.90. The Labute approximate surface area is 128 Å². The average molecular weight is 313 g/mol. The van der Waals surface area contributed by atoms with E-state index in [4.69, 9.17) is 4.74 Å². The molecular formula is C16H21F2NO3. The fraction of sp³-hybridized carbons (Fsp3) is 0.562. The van der Waals surface area contributed by atoms with Gasteiger partial charge in [0.1, 0.15) is 5.82 Å². The van der Waals surface area contributed by atoms with Gasteiger partial charge in [-0.15, -0.1) is 0 Å². The molecule has 0 aliphatic carbocycles. The van der Waals surface area contributed by atoms with Gasteiger partial charge in [0.2, 0.25) is 0 Å². The van der Waals surface area contributed by atoms with E-state index in [0.717, 1.165) is 5.56 Å². The fourth-order valence-electron chi connectivity index (χ4n) is 2.40. The van der Waals surface area contributed by atoms with Crippen molar-refractivity contribution in [1.82, 2.24) is 5.32 Å². The van der Waals surface area contributed by atoms with E-state index in [0.29, 0.717) is 5.56 Å². The molecule has 1 heterocycles. The molecule has 0 radical (unpaired) electrons. The number of methoxy groups -OCH3 is 1. The lowest BCUT2D eigenvalue weighted by Crippen LogP contribution is -2.58. The van der Waals surface area contributed by atoms with Gasteiger partial charge in [-0.1, -0.05) is 13.8 Å². The number of carbonyl (C=O) groups is 1. The topological polar surface area (TPSA) is 47.6 Å². The molecule has 1 aromatic carbocycles. The average Bonchev–Trinajstić information content (AvgIpc) is 2.44. The molecule has 0 atom stereocenters. The van der Waals surface area contributed by atoms with Crippen LogP contribution in [-0.4, -0.2) is 38.4 Å². The third-order valence-electron chi connectivity index (χ3n) is 3.76. The number of nitrogens with one attached hydrogen (secondary N) is 1. The van der Waals surface area contributed by atoms with Crippen LogP contribution < -0.4 is 5.32 Å². The zero-order valence-corrected chi connectivity index (χ0v) is 13.0. The largest absolute Gasteiger partial charge is 0.465 e. The quantitative estimate of drug-likeness (QED) is 0.820. The van der Waals surface area contributed by atoms with Crippen molar-refractivity contribution in [3.05, 3.63) is 34.6 Å². The number of halogens is 2. The lowest BCUT2D eigenvalue weighted by Gasteiger charge is -2.34. The first-order chi connectivity index (χ1) is 10.4. The number of benzene rings is 1. The molecule has 0 unspecified atom stereocenters. The van der Waals surface area contributed by atoms with Crippen LogP contribution in [0.4, 0.5) is 8.78 Å². The molecular weight excluding hydrogens is 292 g/mol. The highest BCUT2D eigenvalue weighted by Crippen LogP contribution is 2.25. The summed E-state index contributed by atoms with van der Waals surface area (Å²) in [6, 6.07) is 2.76. The second kappa shape index (κ2) is 6.71. The Balaban J connectivity index is 2.15. The second-order valence-corrected chi connectivity index (χ2v) is 5.92. The summed E-state index contributed by atoms with van der Waals surface area (Å²) in [6.45, 7) is 4.50. The van der Waals surface area contributed by atoms with Gasteiger partial charge in [0.25, 0.3) is 0 Å². The SMILES string of the molecule is COC(=O)c1cc(C(C)C)c(COCC2(F)CNC2)cc1F. The van der Waals surface area contributed by atoms with Gasteiger partial charge in [0, 0.05) is 13.1 Å². The third-order valence-corrected chi connectivity index (χ3v) is 3.76. The normalized spacial score (nSPS) is 16.5. The molecule has 1 saturated heterocycles. The predicted molar refractivity (Wildman–Crippen MR) is 78.2 cm³/mol. The summed E-state index contributed by atoms with van der Waals surface area (Å²) in [5, 5.41) is 2.85. The Kier molecular flexibility index (Phi) is 5.13. The molecule has 1 aromatic rings. The van der Waals surface area contributed by atoms with Crippen molar-refractivity contribution >= 4 is 5.97 Å². The number of alkyl halides is 1. The van der Waals surface area contributed by atoms with Crippen molar-refractivity contribution in [1.29, 1.82) is 0 Å². The molecule has 0 saturated carbocycles. The molecule has 1 aliphatic heterocycles. The van der Waals surface area contributed by atoms with Crippen LogP contribution in [0.5, 0.6) is 0 Å². The first-order valence-electron chi connectivity index (χ1n) is 7.24. The van der Waals surface area contributed by atoms with Gasteiger partial charge in [-0.25, -0.2) is 13.6 Å². The maximum atomic E-state index is 14.0. The minimum atomic E-state index is -1.33. The molecule has 0 amide bonds. The molecule has 1 fully saturated rings. The van der Waals surface area contributed by atoms with Crippen molar-refractivity contribution in [2.45, 2.75) is 32.0 Å². The van der Waals surface area contributed by atoms with E-state index in [1.165, 1.54) is 19.2 Å². The smallest absolute Gasteiger partial charge is 0.340 e. The second-order valence-electron chi connectivity index (χ2n) is 5.92. The summed E-state index contributed by atoms with van der Waals surface area (Å²) in [6.07, 6.45) is 0. The molecule has 22 heavy (non-hydrogen) atoms. The molecule has 1 aliphatic rings. The maximum absolute atomic E-state index is 14.0. The number of esters is 1. The summed E-state index contributed by atoms with van der Waals surface area (Å²) in [5.41, 5.74) is -0.0137. The first kappa shape index (κ1) is 16.8. The summed E-state index contributed by atoms with van der Waals surface area (Å²) in [4.78, 5) is 11.6. The summed E-state index contributed by atoms with van der Waals surface area (Å²) >= 11 is 0. The Bertz CT molecular complexity index is 557. The number of rotatable bonds is 6. The van der Waals surface area contributed by atoms with E-state index in [-0.39, 0.29) is 37.8 Å². The summed E-state index contributed by atoms with van der Waals surface area (Å²) in [7, 11) is 1.21. The van der Waals surface area contributed by atoms with Gasteiger partial charge < -0.3 is 14.8 Å². The van der Waals surface area contributed by atoms with Crippen LogP contribution in [0.25, 0.3) is 0 Å². The Hall–Kier alpha value is -1.53. The number of hydrogen-bond acceptors (Lipinski definition) is 4. The standard InChI is InChI=1S/C16H21F2NO3/c1-10(2)12-5-13(15(20)21-3)14(17)4-11(12)6-22-9-16(18)7-19-8-16/h4-5,10,19H,6-9H2,1-3H3. The highest BCUT2D eigenvalue weighted by Gasteiger charge is 2.37. The highest BCUT2D eigenvalue weighted by atomic mass is 19.1. The summed E-state index contributed by atoms with van der Waals surface area (Å²) < 4.78 is 37.8. The van der Waals surface area contributed by atoms with Gasteiger partial charge >= 0.3 is 5.97 Å². The Morgan fingerprint density at radius 1 is 1.41 bits per heavy atom. The van der Waals surface area contributed by atoms with Gasteiger partial charge in [-0.05, 0) is 29.2 Å². The van der Waals surface area contributed by atoms with Crippen LogP contribution in [-0.2, 0) is 16.1 Å². The Morgan fingerprint density at radius 3 is 2.59 bits per heavy atom. The van der Waals surface area contributed by atoms with Crippen LogP contribution in [0.15, 0.2) is 12.1 Å². The lowest BCUT2D eigenvalue weighted by molar-refractivity contribution is -0.0239. The molecule has 4 nitrogen and oxygen atoms in total.